The van der Waals surface area contributed by atoms with Crippen LogP contribution in [-0.4, -0.2) is 18.0 Å². The lowest BCUT2D eigenvalue weighted by Crippen LogP contribution is -2.23. The van der Waals surface area contributed by atoms with E-state index in [-0.39, 0.29) is 0 Å². The van der Waals surface area contributed by atoms with Crippen molar-refractivity contribution in [2.45, 2.75) is 25.8 Å². The lowest BCUT2D eigenvalue weighted by molar-refractivity contribution is 0.263. The third-order valence-corrected chi connectivity index (χ3v) is 3.39. The molecule has 2 heteroatoms. The maximum absolute atomic E-state index is 6.17. The monoisotopic (exact) mass is 209 g/mol. The molecule has 76 valence electrons. The maximum Gasteiger partial charge on any atom is 0.0453 e. The van der Waals surface area contributed by atoms with Gasteiger partial charge in [-0.05, 0) is 44.5 Å². The van der Waals surface area contributed by atoms with Gasteiger partial charge in [0.05, 0.1) is 0 Å². The molecular formula is C12H16ClN. The molecule has 0 radical (unpaired) electrons. The molecule has 1 aromatic carbocycles. The minimum absolute atomic E-state index is 0.464. The molecule has 1 heterocycles. The van der Waals surface area contributed by atoms with E-state index in [1.54, 1.807) is 0 Å². The molecule has 14 heavy (non-hydrogen) atoms. The highest BCUT2D eigenvalue weighted by molar-refractivity contribution is 6.31. The van der Waals surface area contributed by atoms with Gasteiger partial charge in [-0.3, -0.25) is 4.90 Å². The fourth-order valence-corrected chi connectivity index (χ4v) is 2.43. The molecule has 0 amide bonds. The number of halogens is 1. The Morgan fingerprint density at radius 1 is 1.21 bits per heavy atom. The van der Waals surface area contributed by atoms with Crippen LogP contribution in [0.5, 0.6) is 0 Å². The molecule has 1 saturated heterocycles. The Kier molecular flexibility index (Phi) is 3.09. The Morgan fingerprint density at radius 3 is 2.50 bits per heavy atom. The summed E-state index contributed by atoms with van der Waals surface area (Å²) in [6, 6.07) is 8.62. The zero-order valence-corrected chi connectivity index (χ0v) is 9.30. The van der Waals surface area contributed by atoms with Crippen LogP contribution in [0.4, 0.5) is 0 Å². The average molecular weight is 210 g/mol. The Balaban J connectivity index is 2.17. The largest absolute Gasteiger partial charge is 0.297 e. The quantitative estimate of drug-likeness (QED) is 0.721. The molecule has 1 aromatic rings. The van der Waals surface area contributed by atoms with Crippen molar-refractivity contribution in [3.63, 3.8) is 0 Å². The molecule has 1 nitrogen and oxygen atoms in total. The molecule has 0 saturated carbocycles. The number of hydrogen-bond donors (Lipinski definition) is 0. The Morgan fingerprint density at radius 2 is 1.86 bits per heavy atom. The van der Waals surface area contributed by atoms with Gasteiger partial charge in [0.15, 0.2) is 0 Å². The molecule has 1 fully saturated rings. The first-order valence-corrected chi connectivity index (χ1v) is 5.65. The Hall–Kier alpha value is -0.530. The second-order valence-corrected chi connectivity index (χ2v) is 4.35. The molecular weight excluding hydrogens is 194 g/mol. The second kappa shape index (κ2) is 4.33. The zero-order valence-electron chi connectivity index (χ0n) is 8.54. The third kappa shape index (κ3) is 1.94. The van der Waals surface area contributed by atoms with Gasteiger partial charge in [0, 0.05) is 11.1 Å². The van der Waals surface area contributed by atoms with E-state index < -0.39 is 0 Å². The van der Waals surface area contributed by atoms with Gasteiger partial charge < -0.3 is 0 Å². The van der Waals surface area contributed by atoms with E-state index in [4.69, 9.17) is 11.6 Å². The molecule has 1 aliphatic rings. The van der Waals surface area contributed by atoms with Crippen molar-refractivity contribution < 1.29 is 0 Å². The van der Waals surface area contributed by atoms with Crippen LogP contribution in [0, 0.1) is 0 Å². The van der Waals surface area contributed by atoms with Crippen molar-refractivity contribution in [2.75, 3.05) is 13.1 Å². The number of hydrogen-bond acceptors (Lipinski definition) is 1. The van der Waals surface area contributed by atoms with E-state index in [0.717, 1.165) is 5.02 Å². The number of rotatable bonds is 2. The Labute approximate surface area is 90.7 Å². The molecule has 1 atom stereocenters. The summed E-state index contributed by atoms with van der Waals surface area (Å²) in [4.78, 5) is 2.50. The zero-order chi connectivity index (χ0) is 9.97. The van der Waals surface area contributed by atoms with E-state index in [1.165, 1.54) is 31.5 Å². The first kappa shape index (κ1) is 10.0. The molecule has 0 N–H and O–H groups in total. The van der Waals surface area contributed by atoms with Crippen LogP contribution in [0.15, 0.2) is 24.3 Å². The van der Waals surface area contributed by atoms with Crippen LogP contribution in [-0.2, 0) is 0 Å². The van der Waals surface area contributed by atoms with E-state index in [2.05, 4.69) is 24.0 Å². The van der Waals surface area contributed by atoms with E-state index in [0.29, 0.717) is 6.04 Å². The highest BCUT2D eigenvalue weighted by atomic mass is 35.5. The summed E-state index contributed by atoms with van der Waals surface area (Å²) < 4.78 is 0. The van der Waals surface area contributed by atoms with Crippen LogP contribution in [0.2, 0.25) is 5.02 Å². The lowest BCUT2D eigenvalue weighted by Gasteiger charge is -2.24. The standard InChI is InChI=1S/C12H16ClN/c1-10(14-8-4-5-9-14)11-6-2-3-7-12(11)13/h2-3,6-7,10H,4-5,8-9H2,1H3. The van der Waals surface area contributed by atoms with Crippen LogP contribution in [0.25, 0.3) is 0 Å². The summed E-state index contributed by atoms with van der Waals surface area (Å²) in [5.74, 6) is 0. The van der Waals surface area contributed by atoms with Crippen LogP contribution >= 0.6 is 11.6 Å². The number of nitrogens with zero attached hydrogens (tertiary/aromatic N) is 1. The summed E-state index contributed by atoms with van der Waals surface area (Å²) in [5, 5.41) is 0.895. The van der Waals surface area contributed by atoms with Gasteiger partial charge in [0.25, 0.3) is 0 Å². The van der Waals surface area contributed by atoms with Gasteiger partial charge in [-0.25, -0.2) is 0 Å². The van der Waals surface area contributed by atoms with Crippen molar-refractivity contribution in [3.05, 3.63) is 34.9 Å². The lowest BCUT2D eigenvalue weighted by atomic mass is 10.1. The summed E-state index contributed by atoms with van der Waals surface area (Å²) >= 11 is 6.17. The van der Waals surface area contributed by atoms with E-state index >= 15 is 0 Å². The summed E-state index contributed by atoms with van der Waals surface area (Å²) in [7, 11) is 0. The van der Waals surface area contributed by atoms with Gasteiger partial charge in [-0.1, -0.05) is 29.8 Å². The normalized spacial score (nSPS) is 19.9. The second-order valence-electron chi connectivity index (χ2n) is 3.94. The maximum atomic E-state index is 6.17. The van der Waals surface area contributed by atoms with Crippen LogP contribution in [0.3, 0.4) is 0 Å². The van der Waals surface area contributed by atoms with Crippen LogP contribution in [0.1, 0.15) is 31.4 Å². The Bertz CT molecular complexity index is 305. The predicted octanol–water partition coefficient (Wildman–Crippen LogP) is 3.50. The fourth-order valence-electron chi connectivity index (χ4n) is 2.14. The molecule has 0 aromatic heterocycles. The van der Waals surface area contributed by atoms with Crippen molar-refractivity contribution >= 4 is 11.6 Å². The van der Waals surface area contributed by atoms with Gasteiger partial charge in [-0.15, -0.1) is 0 Å². The summed E-state index contributed by atoms with van der Waals surface area (Å²) in [5.41, 5.74) is 1.26. The van der Waals surface area contributed by atoms with Crippen molar-refractivity contribution in [1.82, 2.24) is 4.90 Å². The minimum atomic E-state index is 0.464. The van der Waals surface area contributed by atoms with Gasteiger partial charge in [-0.2, -0.15) is 0 Å². The predicted molar refractivity (Wildman–Crippen MR) is 60.7 cm³/mol. The molecule has 1 unspecified atom stereocenters. The van der Waals surface area contributed by atoms with Crippen molar-refractivity contribution in [3.8, 4) is 0 Å². The van der Waals surface area contributed by atoms with Gasteiger partial charge >= 0.3 is 0 Å². The fraction of sp³-hybridized carbons (Fsp3) is 0.500. The topological polar surface area (TPSA) is 3.24 Å². The van der Waals surface area contributed by atoms with Crippen LogP contribution < -0.4 is 0 Å². The first-order valence-electron chi connectivity index (χ1n) is 5.27. The number of benzene rings is 1. The number of likely N-dealkylation sites (tertiary alicyclic amines) is 1. The van der Waals surface area contributed by atoms with Gasteiger partial charge in [0.2, 0.25) is 0 Å². The molecule has 0 spiro atoms. The van der Waals surface area contributed by atoms with Gasteiger partial charge in [0.1, 0.15) is 0 Å². The first-order chi connectivity index (χ1) is 6.79. The SMILES string of the molecule is CC(c1ccccc1Cl)N1CCCC1. The van der Waals surface area contributed by atoms with E-state index in [9.17, 15) is 0 Å². The summed E-state index contributed by atoms with van der Waals surface area (Å²) in [6.07, 6.45) is 2.66. The minimum Gasteiger partial charge on any atom is -0.297 e. The highest BCUT2D eigenvalue weighted by Crippen LogP contribution is 2.29. The van der Waals surface area contributed by atoms with Crippen molar-refractivity contribution in [2.24, 2.45) is 0 Å². The molecule has 2 rings (SSSR count). The molecule has 0 aliphatic carbocycles. The van der Waals surface area contributed by atoms with E-state index in [1.807, 2.05) is 12.1 Å². The highest BCUT2D eigenvalue weighted by Gasteiger charge is 2.20. The third-order valence-electron chi connectivity index (χ3n) is 3.04. The summed E-state index contributed by atoms with van der Waals surface area (Å²) in [6.45, 7) is 4.67. The molecule has 1 aliphatic heterocycles. The average Bonchev–Trinajstić information content (AvgIpc) is 2.70. The van der Waals surface area contributed by atoms with Crippen molar-refractivity contribution in [1.29, 1.82) is 0 Å². The molecule has 0 bridgehead atoms. The smallest absolute Gasteiger partial charge is 0.0453 e.